The molecule has 1 aliphatic heterocycles. The average Bonchev–Trinajstić information content (AvgIpc) is 2.79. The van der Waals surface area contributed by atoms with Gasteiger partial charge >= 0.3 is 5.97 Å². The topological polar surface area (TPSA) is 78.4 Å². The van der Waals surface area contributed by atoms with Crippen LogP contribution in [0.25, 0.3) is 0 Å². The molecule has 1 aliphatic rings. The van der Waals surface area contributed by atoms with Crippen molar-refractivity contribution in [2.75, 3.05) is 18.4 Å². The molecule has 3 N–H and O–H groups in total. The molecule has 1 aromatic rings. The summed E-state index contributed by atoms with van der Waals surface area (Å²) >= 11 is 0. The summed E-state index contributed by atoms with van der Waals surface area (Å²) in [5.41, 5.74) is 2.37. The SMILES string of the molecule is Cc1cc(NC(=O)C2CNCC2C)cc(C(=O)O)c1C. The molecule has 0 aliphatic carbocycles. The number of rotatable bonds is 3. The molecule has 2 atom stereocenters. The third-order valence-corrected chi connectivity index (χ3v) is 4.02. The van der Waals surface area contributed by atoms with Gasteiger partial charge in [0.1, 0.15) is 0 Å². The van der Waals surface area contributed by atoms with Crippen LogP contribution in [0.4, 0.5) is 5.69 Å². The normalized spacial score (nSPS) is 21.8. The van der Waals surface area contributed by atoms with Gasteiger partial charge in [-0.2, -0.15) is 0 Å². The highest BCUT2D eigenvalue weighted by molar-refractivity contribution is 5.96. The number of carboxylic acid groups (broad SMARTS) is 1. The van der Waals surface area contributed by atoms with E-state index in [1.165, 1.54) is 6.07 Å². The van der Waals surface area contributed by atoms with Gasteiger partial charge in [-0.15, -0.1) is 0 Å². The van der Waals surface area contributed by atoms with Crippen LogP contribution in [0.2, 0.25) is 0 Å². The Kier molecular flexibility index (Phi) is 4.09. The molecule has 2 rings (SSSR count). The van der Waals surface area contributed by atoms with E-state index in [2.05, 4.69) is 10.6 Å². The molecular weight excluding hydrogens is 256 g/mol. The lowest BCUT2D eigenvalue weighted by Crippen LogP contribution is -2.28. The molecule has 5 nitrogen and oxygen atoms in total. The van der Waals surface area contributed by atoms with Crippen molar-refractivity contribution >= 4 is 17.6 Å². The van der Waals surface area contributed by atoms with Gasteiger partial charge in [0.2, 0.25) is 5.91 Å². The molecule has 0 aromatic heterocycles. The van der Waals surface area contributed by atoms with Crippen molar-refractivity contribution in [1.82, 2.24) is 5.32 Å². The van der Waals surface area contributed by atoms with Crippen molar-refractivity contribution in [1.29, 1.82) is 0 Å². The van der Waals surface area contributed by atoms with Gasteiger partial charge in [-0.25, -0.2) is 4.79 Å². The van der Waals surface area contributed by atoms with Crippen LogP contribution in [0.5, 0.6) is 0 Å². The Bertz CT molecular complexity index is 554. The molecule has 108 valence electrons. The summed E-state index contributed by atoms with van der Waals surface area (Å²) < 4.78 is 0. The minimum Gasteiger partial charge on any atom is -0.478 e. The van der Waals surface area contributed by atoms with Crippen molar-refractivity contribution in [2.45, 2.75) is 20.8 Å². The zero-order valence-corrected chi connectivity index (χ0v) is 12.0. The van der Waals surface area contributed by atoms with Crippen LogP contribution >= 0.6 is 0 Å². The molecule has 0 radical (unpaired) electrons. The number of amides is 1. The lowest BCUT2D eigenvalue weighted by atomic mass is 9.96. The summed E-state index contributed by atoms with van der Waals surface area (Å²) in [5, 5.41) is 15.2. The van der Waals surface area contributed by atoms with Gasteiger partial charge in [0, 0.05) is 12.2 Å². The summed E-state index contributed by atoms with van der Waals surface area (Å²) in [6, 6.07) is 3.34. The first-order valence-electron chi connectivity index (χ1n) is 6.76. The van der Waals surface area contributed by atoms with Crippen LogP contribution in [0.15, 0.2) is 12.1 Å². The minimum atomic E-state index is -0.974. The molecule has 0 bridgehead atoms. The van der Waals surface area contributed by atoms with Gasteiger partial charge in [0.05, 0.1) is 11.5 Å². The van der Waals surface area contributed by atoms with Crippen molar-refractivity contribution in [3.05, 3.63) is 28.8 Å². The Labute approximate surface area is 118 Å². The maximum Gasteiger partial charge on any atom is 0.336 e. The number of hydrogen-bond donors (Lipinski definition) is 3. The third kappa shape index (κ3) is 2.82. The molecular formula is C15H20N2O3. The minimum absolute atomic E-state index is 0.0536. The number of nitrogens with one attached hydrogen (secondary N) is 2. The van der Waals surface area contributed by atoms with Gasteiger partial charge in [-0.05, 0) is 49.6 Å². The van der Waals surface area contributed by atoms with Crippen LogP contribution in [-0.4, -0.2) is 30.1 Å². The monoisotopic (exact) mass is 276 g/mol. The van der Waals surface area contributed by atoms with Crippen molar-refractivity contribution in [2.24, 2.45) is 11.8 Å². The molecule has 20 heavy (non-hydrogen) atoms. The second-order valence-corrected chi connectivity index (χ2v) is 5.50. The van der Waals surface area contributed by atoms with E-state index in [4.69, 9.17) is 0 Å². The van der Waals surface area contributed by atoms with E-state index in [0.29, 0.717) is 18.2 Å². The third-order valence-electron chi connectivity index (χ3n) is 4.02. The molecule has 2 unspecified atom stereocenters. The summed E-state index contributed by atoms with van der Waals surface area (Å²) in [6.45, 7) is 7.16. The first kappa shape index (κ1) is 14.5. The molecule has 1 heterocycles. The molecule has 5 heteroatoms. The number of benzene rings is 1. The molecule has 0 spiro atoms. The highest BCUT2D eigenvalue weighted by Crippen LogP contribution is 2.22. The number of carboxylic acids is 1. The first-order valence-corrected chi connectivity index (χ1v) is 6.76. The van der Waals surface area contributed by atoms with E-state index >= 15 is 0 Å². The number of hydrogen-bond acceptors (Lipinski definition) is 3. The predicted octanol–water partition coefficient (Wildman–Crippen LogP) is 1.80. The predicted molar refractivity (Wildman–Crippen MR) is 77.0 cm³/mol. The maximum absolute atomic E-state index is 12.2. The molecule has 0 saturated carbocycles. The quantitative estimate of drug-likeness (QED) is 0.786. The summed E-state index contributed by atoms with van der Waals surface area (Å²) in [7, 11) is 0. The molecule has 1 fully saturated rings. The maximum atomic E-state index is 12.2. The fraction of sp³-hybridized carbons (Fsp3) is 0.467. The summed E-state index contributed by atoms with van der Waals surface area (Å²) in [6.07, 6.45) is 0. The number of carbonyl (C=O) groups excluding carboxylic acids is 1. The Morgan fingerprint density at radius 1 is 1.30 bits per heavy atom. The van der Waals surface area contributed by atoms with Gasteiger partial charge in [0.15, 0.2) is 0 Å². The Morgan fingerprint density at radius 2 is 2.00 bits per heavy atom. The Morgan fingerprint density at radius 3 is 2.55 bits per heavy atom. The standard InChI is InChI=1S/C15H20N2O3/c1-8-4-11(5-12(10(8)3)15(19)20)17-14(18)13-7-16-6-9(13)2/h4-5,9,13,16H,6-7H2,1-3H3,(H,17,18)(H,19,20). The highest BCUT2D eigenvalue weighted by atomic mass is 16.4. The van der Waals surface area contributed by atoms with Crippen LogP contribution < -0.4 is 10.6 Å². The van der Waals surface area contributed by atoms with E-state index in [1.54, 1.807) is 6.92 Å². The van der Waals surface area contributed by atoms with Gasteiger partial charge in [-0.1, -0.05) is 6.92 Å². The van der Waals surface area contributed by atoms with E-state index in [9.17, 15) is 14.7 Å². The van der Waals surface area contributed by atoms with E-state index < -0.39 is 5.97 Å². The zero-order valence-electron chi connectivity index (χ0n) is 12.0. The second-order valence-electron chi connectivity index (χ2n) is 5.50. The first-order chi connectivity index (χ1) is 9.40. The van der Waals surface area contributed by atoms with Crippen molar-refractivity contribution < 1.29 is 14.7 Å². The lowest BCUT2D eigenvalue weighted by molar-refractivity contribution is -0.120. The second kappa shape index (κ2) is 5.63. The largest absolute Gasteiger partial charge is 0.478 e. The number of aromatic carboxylic acids is 1. The van der Waals surface area contributed by atoms with Gasteiger partial charge in [0.25, 0.3) is 0 Å². The lowest BCUT2D eigenvalue weighted by Gasteiger charge is -2.16. The molecule has 1 amide bonds. The van der Waals surface area contributed by atoms with Crippen LogP contribution in [0.1, 0.15) is 28.4 Å². The summed E-state index contributed by atoms with van der Waals surface area (Å²) in [4.78, 5) is 23.4. The van der Waals surface area contributed by atoms with Crippen molar-refractivity contribution in [3.63, 3.8) is 0 Å². The fourth-order valence-corrected chi connectivity index (χ4v) is 2.55. The fourth-order valence-electron chi connectivity index (χ4n) is 2.55. The van der Waals surface area contributed by atoms with E-state index in [-0.39, 0.29) is 17.4 Å². The van der Waals surface area contributed by atoms with Crippen LogP contribution in [-0.2, 0) is 4.79 Å². The zero-order chi connectivity index (χ0) is 14.9. The van der Waals surface area contributed by atoms with Crippen LogP contribution in [0.3, 0.4) is 0 Å². The van der Waals surface area contributed by atoms with Crippen LogP contribution in [0, 0.1) is 25.7 Å². The van der Waals surface area contributed by atoms with E-state index in [1.807, 2.05) is 19.9 Å². The molecule has 1 saturated heterocycles. The number of anilines is 1. The smallest absolute Gasteiger partial charge is 0.336 e. The number of carbonyl (C=O) groups is 2. The summed E-state index contributed by atoms with van der Waals surface area (Å²) in [5.74, 6) is -0.801. The van der Waals surface area contributed by atoms with Gasteiger partial charge < -0.3 is 15.7 Å². The Balaban J connectivity index is 2.21. The highest BCUT2D eigenvalue weighted by Gasteiger charge is 2.29. The number of aryl methyl sites for hydroxylation is 1. The Hall–Kier alpha value is -1.88. The van der Waals surface area contributed by atoms with Crippen molar-refractivity contribution in [3.8, 4) is 0 Å². The molecule has 1 aromatic carbocycles. The van der Waals surface area contributed by atoms with Gasteiger partial charge in [-0.3, -0.25) is 4.79 Å². The average molecular weight is 276 g/mol. The van der Waals surface area contributed by atoms with E-state index in [0.717, 1.165) is 17.7 Å².